The number of ether oxygens (including phenoxy) is 1. The Morgan fingerprint density at radius 2 is 1.97 bits per heavy atom. The quantitative estimate of drug-likeness (QED) is 0.707. The zero-order valence-corrected chi connectivity index (χ0v) is 17.3. The fourth-order valence-corrected chi connectivity index (χ4v) is 4.33. The summed E-state index contributed by atoms with van der Waals surface area (Å²) in [7, 11) is 0. The number of benzene rings is 1. The molecule has 2 heterocycles. The molecule has 0 saturated carbocycles. The predicted molar refractivity (Wildman–Crippen MR) is 107 cm³/mol. The summed E-state index contributed by atoms with van der Waals surface area (Å²) in [5.41, 5.74) is 1.69. The molecule has 0 saturated heterocycles. The van der Waals surface area contributed by atoms with Crippen LogP contribution in [-0.4, -0.2) is 35.7 Å². The summed E-state index contributed by atoms with van der Waals surface area (Å²) < 4.78 is 40.5. The molecule has 1 aliphatic rings. The third-order valence-electron chi connectivity index (χ3n) is 4.85. The molecule has 1 N–H and O–H groups in total. The molecule has 0 radical (unpaired) electrons. The summed E-state index contributed by atoms with van der Waals surface area (Å²) in [6.45, 7) is 3.12. The number of nitrogens with zero attached hydrogens (tertiary/aromatic N) is 1. The number of rotatable bonds is 7. The molecule has 0 fully saturated rings. The topological polar surface area (TPSA) is 58.6 Å². The van der Waals surface area contributed by atoms with Gasteiger partial charge in [-0.05, 0) is 47.5 Å². The van der Waals surface area contributed by atoms with Gasteiger partial charge in [-0.25, -0.2) is 0 Å². The van der Waals surface area contributed by atoms with E-state index in [2.05, 4.69) is 10.1 Å². The molecule has 162 valence electrons. The molecular weight excluding hydrogens is 417 g/mol. The van der Waals surface area contributed by atoms with E-state index in [1.165, 1.54) is 17.0 Å². The highest BCUT2D eigenvalue weighted by atomic mass is 32.1. The normalized spacial score (nSPS) is 14.7. The first-order chi connectivity index (χ1) is 14.2. The van der Waals surface area contributed by atoms with E-state index < -0.39 is 12.4 Å². The molecule has 1 aliphatic heterocycles. The lowest BCUT2D eigenvalue weighted by molar-refractivity contribution is -0.274. The molecule has 1 aromatic carbocycles. The fraction of sp³-hybridized carbons (Fsp3) is 0.429. The van der Waals surface area contributed by atoms with Gasteiger partial charge in [-0.3, -0.25) is 9.59 Å². The number of nitrogens with one attached hydrogen (secondary N) is 1. The molecule has 1 atom stereocenters. The molecule has 1 unspecified atom stereocenters. The lowest BCUT2D eigenvalue weighted by Gasteiger charge is -2.31. The van der Waals surface area contributed by atoms with Gasteiger partial charge in [0.2, 0.25) is 11.8 Å². The predicted octanol–water partition coefficient (Wildman–Crippen LogP) is 4.06. The van der Waals surface area contributed by atoms with Crippen LogP contribution in [0.1, 0.15) is 35.8 Å². The first-order valence-electron chi connectivity index (χ1n) is 9.73. The number of carbonyl (C=O) groups is 2. The number of thiophene rings is 1. The van der Waals surface area contributed by atoms with Crippen molar-refractivity contribution in [1.29, 1.82) is 0 Å². The van der Waals surface area contributed by atoms with E-state index in [-0.39, 0.29) is 24.0 Å². The molecule has 30 heavy (non-hydrogen) atoms. The number of alkyl halides is 3. The molecule has 9 heteroatoms. The summed E-state index contributed by atoms with van der Waals surface area (Å²) in [6.07, 6.45) is -2.72. The first kappa shape index (κ1) is 22.1. The van der Waals surface area contributed by atoms with Gasteiger partial charge in [-0.2, -0.15) is 0 Å². The molecule has 1 aromatic heterocycles. The zero-order valence-electron chi connectivity index (χ0n) is 16.5. The lowest BCUT2D eigenvalue weighted by Crippen LogP contribution is -2.50. The number of carbonyl (C=O) groups excluding carboxylic acids is 2. The highest BCUT2D eigenvalue weighted by Crippen LogP contribution is 2.25. The maximum Gasteiger partial charge on any atom is 0.573 e. The molecule has 5 nitrogen and oxygen atoms in total. The van der Waals surface area contributed by atoms with E-state index in [0.29, 0.717) is 25.1 Å². The second-order valence-electron chi connectivity index (χ2n) is 7.16. The monoisotopic (exact) mass is 440 g/mol. The Morgan fingerprint density at radius 1 is 1.23 bits per heavy atom. The highest BCUT2D eigenvalue weighted by Gasteiger charge is 2.31. The van der Waals surface area contributed by atoms with E-state index >= 15 is 0 Å². The minimum Gasteiger partial charge on any atom is -0.406 e. The standard InChI is InChI=1S/C21H23F3N2O3S/c1-2-3-17(20(28)26-10-8-18-15(13-26)9-11-30-18)25-19(27)12-14-4-6-16(7-5-14)29-21(22,23)24/h4-7,9,11,17H,2-3,8,10,12-13H2,1H3,(H,25,27). The van der Waals surface area contributed by atoms with E-state index in [4.69, 9.17) is 0 Å². The van der Waals surface area contributed by atoms with E-state index in [0.717, 1.165) is 30.5 Å². The summed E-state index contributed by atoms with van der Waals surface area (Å²) >= 11 is 1.69. The Hall–Kier alpha value is -2.55. The van der Waals surface area contributed by atoms with Crippen molar-refractivity contribution in [1.82, 2.24) is 10.2 Å². The van der Waals surface area contributed by atoms with Crippen LogP contribution in [0.4, 0.5) is 13.2 Å². The van der Waals surface area contributed by atoms with Gasteiger partial charge in [0.1, 0.15) is 11.8 Å². The maximum absolute atomic E-state index is 13.0. The Kier molecular flexibility index (Phi) is 7.02. The summed E-state index contributed by atoms with van der Waals surface area (Å²) in [6, 6.07) is 6.54. The summed E-state index contributed by atoms with van der Waals surface area (Å²) in [5.74, 6) is -0.793. The van der Waals surface area contributed by atoms with Gasteiger partial charge >= 0.3 is 6.36 Å². The minimum absolute atomic E-state index is 0.0333. The van der Waals surface area contributed by atoms with Crippen molar-refractivity contribution < 1.29 is 27.5 Å². The van der Waals surface area contributed by atoms with Gasteiger partial charge in [0.05, 0.1) is 6.42 Å². The Labute approximate surface area is 176 Å². The van der Waals surface area contributed by atoms with Gasteiger partial charge in [0, 0.05) is 18.0 Å². The van der Waals surface area contributed by atoms with Crippen LogP contribution in [0.25, 0.3) is 0 Å². The van der Waals surface area contributed by atoms with Crippen molar-refractivity contribution in [3.63, 3.8) is 0 Å². The van der Waals surface area contributed by atoms with Crippen LogP contribution in [0.5, 0.6) is 5.75 Å². The molecule has 0 aliphatic carbocycles. The Bertz CT molecular complexity index is 880. The summed E-state index contributed by atoms with van der Waals surface area (Å²) in [5, 5.41) is 4.82. The van der Waals surface area contributed by atoms with Gasteiger partial charge in [-0.15, -0.1) is 24.5 Å². The van der Waals surface area contributed by atoms with E-state index in [9.17, 15) is 22.8 Å². The van der Waals surface area contributed by atoms with Crippen LogP contribution in [0, 0.1) is 0 Å². The zero-order chi connectivity index (χ0) is 21.7. The average Bonchev–Trinajstić information content (AvgIpc) is 3.15. The largest absolute Gasteiger partial charge is 0.573 e. The first-order valence-corrected chi connectivity index (χ1v) is 10.6. The van der Waals surface area contributed by atoms with Gasteiger partial charge < -0.3 is 15.0 Å². The number of halogens is 3. The molecule has 3 rings (SSSR count). The number of hydrogen-bond acceptors (Lipinski definition) is 4. The van der Waals surface area contributed by atoms with E-state index in [1.54, 1.807) is 16.2 Å². The fourth-order valence-electron chi connectivity index (χ4n) is 3.44. The van der Waals surface area contributed by atoms with Gasteiger partial charge in [-0.1, -0.05) is 25.5 Å². The van der Waals surface area contributed by atoms with Crippen LogP contribution >= 0.6 is 11.3 Å². The lowest BCUT2D eigenvalue weighted by atomic mass is 10.1. The highest BCUT2D eigenvalue weighted by molar-refractivity contribution is 7.10. The van der Waals surface area contributed by atoms with Crippen molar-refractivity contribution in [2.75, 3.05) is 6.54 Å². The van der Waals surface area contributed by atoms with Gasteiger partial charge in [0.15, 0.2) is 0 Å². The Morgan fingerprint density at radius 3 is 2.63 bits per heavy atom. The molecular formula is C21H23F3N2O3S. The number of hydrogen-bond donors (Lipinski definition) is 1. The smallest absolute Gasteiger partial charge is 0.406 e. The van der Waals surface area contributed by atoms with Crippen LogP contribution in [0.2, 0.25) is 0 Å². The maximum atomic E-state index is 13.0. The average molecular weight is 440 g/mol. The SMILES string of the molecule is CCCC(NC(=O)Cc1ccc(OC(F)(F)F)cc1)C(=O)N1CCc2sccc2C1. The van der Waals surface area contributed by atoms with Crippen molar-refractivity contribution in [2.45, 2.75) is 51.6 Å². The second kappa shape index (κ2) is 9.51. The van der Waals surface area contributed by atoms with Crippen molar-refractivity contribution in [3.8, 4) is 5.75 Å². The number of fused-ring (bicyclic) bond motifs is 1. The summed E-state index contributed by atoms with van der Waals surface area (Å²) in [4.78, 5) is 28.5. The van der Waals surface area contributed by atoms with E-state index in [1.807, 2.05) is 18.4 Å². The van der Waals surface area contributed by atoms with Crippen LogP contribution in [0.15, 0.2) is 35.7 Å². The van der Waals surface area contributed by atoms with Crippen LogP contribution in [-0.2, 0) is 29.0 Å². The number of amides is 2. The minimum atomic E-state index is -4.76. The molecule has 2 amide bonds. The molecule has 0 spiro atoms. The van der Waals surface area contributed by atoms with Crippen molar-refractivity contribution in [2.24, 2.45) is 0 Å². The second-order valence-corrected chi connectivity index (χ2v) is 8.16. The van der Waals surface area contributed by atoms with Gasteiger partial charge in [0.25, 0.3) is 0 Å². The molecule has 2 aromatic rings. The Balaban J connectivity index is 1.58. The molecule has 0 bridgehead atoms. The van der Waals surface area contributed by atoms with Crippen molar-refractivity contribution in [3.05, 3.63) is 51.7 Å². The third-order valence-corrected chi connectivity index (χ3v) is 5.87. The van der Waals surface area contributed by atoms with Crippen LogP contribution < -0.4 is 10.1 Å². The van der Waals surface area contributed by atoms with Crippen molar-refractivity contribution >= 4 is 23.2 Å². The third kappa shape index (κ3) is 5.98. The van der Waals surface area contributed by atoms with Crippen LogP contribution in [0.3, 0.4) is 0 Å².